The van der Waals surface area contributed by atoms with Crippen molar-refractivity contribution < 1.29 is 9.59 Å². The van der Waals surface area contributed by atoms with Gasteiger partial charge < -0.3 is 4.79 Å². The van der Waals surface area contributed by atoms with E-state index in [-0.39, 0.29) is 5.78 Å². The Morgan fingerprint density at radius 2 is 2.00 bits per heavy atom. The van der Waals surface area contributed by atoms with Gasteiger partial charge in [-0.05, 0) is 19.3 Å². The molecule has 0 bridgehead atoms. The lowest BCUT2D eigenvalue weighted by Gasteiger charge is -2.07. The Kier molecular flexibility index (Phi) is 5.60. The van der Waals surface area contributed by atoms with Crippen molar-refractivity contribution >= 4 is 12.1 Å². The van der Waals surface area contributed by atoms with Crippen LogP contribution in [0.3, 0.4) is 0 Å². The van der Waals surface area contributed by atoms with Gasteiger partial charge in [0.05, 0.1) is 5.92 Å². The first-order valence-electron chi connectivity index (χ1n) is 4.59. The smallest absolute Gasteiger partial charge is 0.142 e. The Morgan fingerprint density at radius 1 is 1.42 bits per heavy atom. The Hall–Kier alpha value is -0.660. The van der Waals surface area contributed by atoms with Crippen LogP contribution in [0.5, 0.6) is 0 Å². The number of ketones is 1. The van der Waals surface area contributed by atoms with Crippen molar-refractivity contribution in [3.63, 3.8) is 0 Å². The Balaban J connectivity index is 3.63. The number of carbonyl (C=O) groups is 2. The summed E-state index contributed by atoms with van der Waals surface area (Å²) in [7, 11) is 0. The molecular formula is C10H18O2. The van der Waals surface area contributed by atoms with Gasteiger partial charge in [0.15, 0.2) is 0 Å². The van der Waals surface area contributed by atoms with E-state index in [1.165, 1.54) is 0 Å². The fourth-order valence-corrected chi connectivity index (χ4v) is 0.896. The molecule has 2 heteroatoms. The van der Waals surface area contributed by atoms with Crippen molar-refractivity contribution in [1.29, 1.82) is 0 Å². The van der Waals surface area contributed by atoms with E-state index < -0.39 is 5.92 Å². The maximum atomic E-state index is 11.2. The summed E-state index contributed by atoms with van der Waals surface area (Å²) in [5, 5.41) is 0. The molecule has 0 unspecified atom stereocenters. The summed E-state index contributed by atoms with van der Waals surface area (Å²) in [5.41, 5.74) is 0. The first-order valence-corrected chi connectivity index (χ1v) is 4.59. The summed E-state index contributed by atoms with van der Waals surface area (Å²) in [4.78, 5) is 21.4. The SMILES string of the molecule is CC[C@@H](C)CCC(=O)[C@@H](C)C=O. The molecule has 70 valence electrons. The quantitative estimate of drug-likeness (QED) is 0.452. The molecule has 0 aliphatic rings. The van der Waals surface area contributed by atoms with Crippen molar-refractivity contribution in [2.45, 2.75) is 40.0 Å². The number of Topliss-reactive ketones (excluding diaryl/α,β-unsaturated/α-hetero) is 1. The van der Waals surface area contributed by atoms with Gasteiger partial charge in [0.2, 0.25) is 0 Å². The number of hydrogen-bond donors (Lipinski definition) is 0. The minimum absolute atomic E-state index is 0.0744. The highest BCUT2D eigenvalue weighted by molar-refractivity contribution is 5.92. The lowest BCUT2D eigenvalue weighted by molar-refractivity contribution is -0.126. The predicted molar refractivity (Wildman–Crippen MR) is 48.9 cm³/mol. The lowest BCUT2D eigenvalue weighted by atomic mass is 9.97. The highest BCUT2D eigenvalue weighted by Crippen LogP contribution is 2.11. The van der Waals surface area contributed by atoms with Crippen molar-refractivity contribution in [1.82, 2.24) is 0 Å². The summed E-state index contributed by atoms with van der Waals surface area (Å²) < 4.78 is 0. The number of rotatable bonds is 6. The molecule has 2 atom stereocenters. The minimum atomic E-state index is -0.408. The highest BCUT2D eigenvalue weighted by Gasteiger charge is 2.11. The van der Waals surface area contributed by atoms with Crippen LogP contribution in [0.1, 0.15) is 40.0 Å². The Labute approximate surface area is 74.3 Å². The zero-order valence-corrected chi connectivity index (χ0v) is 8.17. The molecule has 0 aromatic rings. The number of carbonyl (C=O) groups excluding carboxylic acids is 2. The monoisotopic (exact) mass is 170 g/mol. The van der Waals surface area contributed by atoms with Gasteiger partial charge in [-0.25, -0.2) is 0 Å². The molecule has 0 amide bonds. The molecule has 12 heavy (non-hydrogen) atoms. The van der Waals surface area contributed by atoms with Gasteiger partial charge in [-0.1, -0.05) is 20.3 Å². The van der Waals surface area contributed by atoms with Gasteiger partial charge in [-0.15, -0.1) is 0 Å². The van der Waals surface area contributed by atoms with Crippen LogP contribution in [0.4, 0.5) is 0 Å². The average molecular weight is 170 g/mol. The van der Waals surface area contributed by atoms with Gasteiger partial charge in [-0.2, -0.15) is 0 Å². The fraction of sp³-hybridized carbons (Fsp3) is 0.800. The molecule has 0 aromatic heterocycles. The molecule has 0 heterocycles. The molecular weight excluding hydrogens is 152 g/mol. The van der Waals surface area contributed by atoms with E-state index in [0.717, 1.165) is 19.1 Å². The van der Waals surface area contributed by atoms with E-state index in [1.807, 2.05) is 0 Å². The molecule has 0 aliphatic heterocycles. The third-order valence-electron chi connectivity index (χ3n) is 2.29. The second kappa shape index (κ2) is 5.92. The molecule has 0 fully saturated rings. The van der Waals surface area contributed by atoms with Crippen LogP contribution in [0.15, 0.2) is 0 Å². The van der Waals surface area contributed by atoms with Gasteiger partial charge in [0.25, 0.3) is 0 Å². The summed E-state index contributed by atoms with van der Waals surface area (Å²) in [6.45, 7) is 5.89. The molecule has 0 N–H and O–H groups in total. The Morgan fingerprint density at radius 3 is 2.42 bits per heavy atom. The van der Waals surface area contributed by atoms with Crippen molar-refractivity contribution in [2.75, 3.05) is 0 Å². The third kappa shape index (κ3) is 4.27. The first kappa shape index (κ1) is 11.3. The molecule has 0 rings (SSSR count). The van der Waals surface area contributed by atoms with Gasteiger partial charge in [-0.3, -0.25) is 4.79 Å². The maximum Gasteiger partial charge on any atom is 0.142 e. The molecule has 0 saturated heterocycles. The van der Waals surface area contributed by atoms with Crippen LogP contribution in [0.2, 0.25) is 0 Å². The molecule has 2 nitrogen and oxygen atoms in total. The predicted octanol–water partition coefficient (Wildman–Crippen LogP) is 2.22. The van der Waals surface area contributed by atoms with Crippen LogP contribution in [0, 0.1) is 11.8 Å². The average Bonchev–Trinajstić information content (AvgIpc) is 2.11. The van der Waals surface area contributed by atoms with Crippen molar-refractivity contribution in [3.8, 4) is 0 Å². The topological polar surface area (TPSA) is 34.1 Å². The highest BCUT2D eigenvalue weighted by atomic mass is 16.1. The van der Waals surface area contributed by atoms with E-state index in [0.29, 0.717) is 12.3 Å². The maximum absolute atomic E-state index is 11.2. The van der Waals surface area contributed by atoms with Crippen molar-refractivity contribution in [3.05, 3.63) is 0 Å². The van der Waals surface area contributed by atoms with Crippen LogP contribution >= 0.6 is 0 Å². The van der Waals surface area contributed by atoms with E-state index in [4.69, 9.17) is 0 Å². The Bertz CT molecular complexity index is 152. The van der Waals surface area contributed by atoms with Crippen LogP contribution in [-0.4, -0.2) is 12.1 Å². The largest absolute Gasteiger partial charge is 0.303 e. The summed E-state index contributed by atoms with van der Waals surface area (Å²) in [6.07, 6.45) is 3.28. The second-order valence-corrected chi connectivity index (χ2v) is 3.44. The third-order valence-corrected chi connectivity index (χ3v) is 2.29. The molecule has 0 radical (unpaired) electrons. The summed E-state index contributed by atoms with van der Waals surface area (Å²) >= 11 is 0. The van der Waals surface area contributed by atoms with E-state index in [2.05, 4.69) is 13.8 Å². The molecule has 0 saturated carbocycles. The van der Waals surface area contributed by atoms with Gasteiger partial charge >= 0.3 is 0 Å². The van der Waals surface area contributed by atoms with E-state index in [9.17, 15) is 9.59 Å². The normalized spacial score (nSPS) is 15.2. The second-order valence-electron chi connectivity index (χ2n) is 3.44. The fourth-order valence-electron chi connectivity index (χ4n) is 0.896. The summed E-state index contributed by atoms with van der Waals surface area (Å²) in [5.74, 6) is 0.257. The van der Waals surface area contributed by atoms with Gasteiger partial charge in [0.1, 0.15) is 12.1 Å². The van der Waals surface area contributed by atoms with E-state index >= 15 is 0 Å². The summed E-state index contributed by atoms with van der Waals surface area (Å²) in [6, 6.07) is 0. The van der Waals surface area contributed by atoms with Crippen LogP contribution < -0.4 is 0 Å². The molecule has 0 aliphatic carbocycles. The van der Waals surface area contributed by atoms with E-state index in [1.54, 1.807) is 6.92 Å². The zero-order valence-electron chi connectivity index (χ0n) is 8.17. The van der Waals surface area contributed by atoms with Gasteiger partial charge in [0, 0.05) is 6.42 Å². The standard InChI is InChI=1S/C10H18O2/c1-4-8(2)5-6-10(12)9(3)7-11/h7-9H,4-6H2,1-3H3/t8-,9+/m1/s1. The minimum Gasteiger partial charge on any atom is -0.303 e. The first-order chi connectivity index (χ1) is 5.61. The van der Waals surface area contributed by atoms with Crippen LogP contribution in [-0.2, 0) is 9.59 Å². The zero-order chi connectivity index (χ0) is 9.56. The lowest BCUT2D eigenvalue weighted by Crippen LogP contribution is -2.12. The van der Waals surface area contributed by atoms with Crippen molar-refractivity contribution in [2.24, 2.45) is 11.8 Å². The number of aldehydes is 1. The molecule has 0 spiro atoms. The number of hydrogen-bond acceptors (Lipinski definition) is 2. The van der Waals surface area contributed by atoms with Crippen LogP contribution in [0.25, 0.3) is 0 Å². The molecule has 0 aromatic carbocycles.